The van der Waals surface area contributed by atoms with E-state index in [9.17, 15) is 14.8 Å². The number of para-hydroxylation sites is 2. The van der Waals surface area contributed by atoms with Gasteiger partial charge in [-0.1, -0.05) is 12.1 Å². The molecule has 8 heteroatoms. The van der Waals surface area contributed by atoms with Crippen LogP contribution in [0.1, 0.15) is 17.8 Å². The number of nitrogens with zero attached hydrogens (tertiary/aromatic N) is 2. The van der Waals surface area contributed by atoms with Crippen LogP contribution in [0.4, 0.5) is 0 Å². The molecule has 0 unspecified atom stereocenters. The van der Waals surface area contributed by atoms with Crippen molar-refractivity contribution in [1.82, 2.24) is 14.9 Å². The van der Waals surface area contributed by atoms with Crippen LogP contribution >= 0.6 is 11.3 Å². The van der Waals surface area contributed by atoms with Crippen LogP contribution in [0.25, 0.3) is 11.0 Å². The summed E-state index contributed by atoms with van der Waals surface area (Å²) in [6.45, 7) is 2.40. The Labute approximate surface area is 150 Å². The standard InChI is InChI=1S/C17H20BN3O3S/c1-12-19-14-4-2-3-5-15(14)21(12)8-6-17(22)20-16(18(23)24)10-13-7-9-25-11-13/h2-5,7,9,11,16,23-24H,6,8,10H2,1H3,(H,20,22)/t16-/m0/s1. The summed E-state index contributed by atoms with van der Waals surface area (Å²) in [5.41, 5.74) is 2.87. The Balaban J connectivity index is 1.62. The van der Waals surface area contributed by atoms with Crippen molar-refractivity contribution < 1.29 is 14.8 Å². The topological polar surface area (TPSA) is 87.4 Å². The lowest BCUT2D eigenvalue weighted by atomic mass is 9.76. The molecule has 0 bridgehead atoms. The molecule has 2 heterocycles. The lowest BCUT2D eigenvalue weighted by molar-refractivity contribution is -0.121. The number of benzene rings is 1. The number of nitrogens with one attached hydrogen (secondary N) is 1. The number of rotatable bonds is 7. The maximum absolute atomic E-state index is 12.3. The number of imidazole rings is 1. The van der Waals surface area contributed by atoms with Gasteiger partial charge in [0.15, 0.2) is 0 Å². The van der Waals surface area contributed by atoms with E-state index in [1.54, 1.807) is 0 Å². The van der Waals surface area contributed by atoms with Crippen molar-refractivity contribution in [3.63, 3.8) is 0 Å². The van der Waals surface area contributed by atoms with Crippen molar-refractivity contribution in [1.29, 1.82) is 0 Å². The number of carbonyl (C=O) groups excluding carboxylic acids is 1. The molecule has 25 heavy (non-hydrogen) atoms. The van der Waals surface area contributed by atoms with Gasteiger partial charge in [0.25, 0.3) is 0 Å². The van der Waals surface area contributed by atoms with Gasteiger partial charge in [0.2, 0.25) is 5.91 Å². The molecule has 0 saturated carbocycles. The number of hydrogen-bond acceptors (Lipinski definition) is 5. The molecule has 0 aliphatic carbocycles. The highest BCUT2D eigenvalue weighted by Crippen LogP contribution is 2.16. The van der Waals surface area contributed by atoms with Gasteiger partial charge in [0.05, 0.1) is 17.0 Å². The second-order valence-corrected chi connectivity index (χ2v) is 6.75. The fraction of sp³-hybridized carbons (Fsp3) is 0.294. The summed E-state index contributed by atoms with van der Waals surface area (Å²) in [6.07, 6.45) is 0.633. The number of carbonyl (C=O) groups is 1. The first-order chi connectivity index (χ1) is 12.0. The van der Waals surface area contributed by atoms with Crippen molar-refractivity contribution in [2.75, 3.05) is 0 Å². The van der Waals surface area contributed by atoms with Gasteiger partial charge in [-0.25, -0.2) is 4.98 Å². The Morgan fingerprint density at radius 1 is 1.36 bits per heavy atom. The molecule has 3 aromatic rings. The third-order valence-electron chi connectivity index (χ3n) is 4.15. The second-order valence-electron chi connectivity index (χ2n) is 5.97. The Morgan fingerprint density at radius 3 is 2.88 bits per heavy atom. The highest BCUT2D eigenvalue weighted by Gasteiger charge is 2.25. The van der Waals surface area contributed by atoms with Crippen LogP contribution in [0.5, 0.6) is 0 Å². The predicted molar refractivity (Wildman–Crippen MR) is 99.2 cm³/mol. The van der Waals surface area contributed by atoms with Crippen molar-refractivity contribution in [2.45, 2.75) is 32.3 Å². The molecule has 6 nitrogen and oxygen atoms in total. The van der Waals surface area contributed by atoms with E-state index in [4.69, 9.17) is 0 Å². The third-order valence-corrected chi connectivity index (χ3v) is 4.88. The van der Waals surface area contributed by atoms with Gasteiger partial charge in [-0.15, -0.1) is 0 Å². The molecule has 0 aliphatic heterocycles. The van der Waals surface area contributed by atoms with E-state index in [0.717, 1.165) is 22.4 Å². The van der Waals surface area contributed by atoms with Crippen molar-refractivity contribution in [3.05, 3.63) is 52.5 Å². The van der Waals surface area contributed by atoms with Crippen molar-refractivity contribution >= 4 is 35.4 Å². The van der Waals surface area contributed by atoms with Gasteiger partial charge in [-0.2, -0.15) is 11.3 Å². The molecule has 130 valence electrons. The Morgan fingerprint density at radius 2 is 2.16 bits per heavy atom. The highest BCUT2D eigenvalue weighted by molar-refractivity contribution is 7.07. The minimum Gasteiger partial charge on any atom is -0.426 e. The molecule has 1 atom stereocenters. The summed E-state index contributed by atoms with van der Waals surface area (Å²) < 4.78 is 2.00. The average molecular weight is 357 g/mol. The lowest BCUT2D eigenvalue weighted by Crippen LogP contribution is -2.48. The van der Waals surface area contributed by atoms with E-state index in [-0.39, 0.29) is 12.3 Å². The number of hydrogen-bond donors (Lipinski definition) is 3. The fourth-order valence-electron chi connectivity index (χ4n) is 2.86. The van der Waals surface area contributed by atoms with E-state index in [1.807, 2.05) is 52.6 Å². The first-order valence-electron chi connectivity index (χ1n) is 8.13. The maximum atomic E-state index is 12.3. The normalized spacial score (nSPS) is 12.3. The Bertz CT molecular complexity index is 848. The van der Waals surface area contributed by atoms with Crippen LogP contribution in [0.3, 0.4) is 0 Å². The molecule has 0 radical (unpaired) electrons. The van der Waals surface area contributed by atoms with E-state index in [0.29, 0.717) is 13.0 Å². The van der Waals surface area contributed by atoms with Gasteiger partial charge in [0.1, 0.15) is 5.82 Å². The minimum absolute atomic E-state index is 0.217. The van der Waals surface area contributed by atoms with E-state index < -0.39 is 13.1 Å². The van der Waals surface area contributed by atoms with Crippen LogP contribution in [0, 0.1) is 6.92 Å². The number of aromatic nitrogens is 2. The smallest absolute Gasteiger partial charge is 0.426 e. The van der Waals surface area contributed by atoms with Crippen molar-refractivity contribution in [3.8, 4) is 0 Å². The molecule has 2 aromatic heterocycles. The predicted octanol–water partition coefficient (Wildman–Crippen LogP) is 1.54. The molecule has 1 aromatic carbocycles. The van der Waals surface area contributed by atoms with E-state index in [1.165, 1.54) is 11.3 Å². The number of amides is 1. The highest BCUT2D eigenvalue weighted by atomic mass is 32.1. The first kappa shape index (κ1) is 17.7. The summed E-state index contributed by atoms with van der Waals surface area (Å²) in [6, 6.07) is 9.71. The first-order valence-corrected chi connectivity index (χ1v) is 9.07. The zero-order chi connectivity index (χ0) is 17.8. The Kier molecular flexibility index (Phi) is 5.52. The van der Waals surface area contributed by atoms with Gasteiger partial charge in [-0.05, 0) is 47.9 Å². The zero-order valence-electron chi connectivity index (χ0n) is 13.9. The van der Waals surface area contributed by atoms with Crippen LogP contribution < -0.4 is 5.32 Å². The third kappa shape index (κ3) is 4.28. The second kappa shape index (κ2) is 7.82. The molecule has 3 N–H and O–H groups in total. The minimum atomic E-state index is -1.60. The zero-order valence-corrected chi connectivity index (χ0v) is 14.7. The summed E-state index contributed by atoms with van der Waals surface area (Å²) in [5.74, 6) is -0.0840. The summed E-state index contributed by atoms with van der Waals surface area (Å²) in [7, 11) is -1.60. The molecule has 3 rings (SSSR count). The van der Waals surface area contributed by atoms with Crippen LogP contribution in [-0.4, -0.2) is 38.6 Å². The summed E-state index contributed by atoms with van der Waals surface area (Å²) in [5, 5.41) is 25.6. The van der Waals surface area contributed by atoms with Gasteiger partial charge < -0.3 is 19.9 Å². The number of fused-ring (bicyclic) bond motifs is 1. The number of thiophene rings is 1. The average Bonchev–Trinajstić information content (AvgIpc) is 3.19. The van der Waals surface area contributed by atoms with Gasteiger partial charge in [0, 0.05) is 13.0 Å². The number of aryl methyl sites for hydroxylation is 2. The molecule has 0 spiro atoms. The SMILES string of the molecule is Cc1nc2ccccc2n1CCC(=O)N[C@@H](Cc1ccsc1)B(O)O. The fourth-order valence-corrected chi connectivity index (χ4v) is 3.55. The molecule has 0 saturated heterocycles. The largest absolute Gasteiger partial charge is 0.475 e. The Hall–Kier alpha value is -2.16. The molecule has 0 aliphatic rings. The van der Waals surface area contributed by atoms with Crippen molar-refractivity contribution in [2.24, 2.45) is 0 Å². The quantitative estimate of drug-likeness (QED) is 0.560. The summed E-state index contributed by atoms with van der Waals surface area (Å²) in [4.78, 5) is 16.7. The van der Waals surface area contributed by atoms with E-state index >= 15 is 0 Å². The van der Waals surface area contributed by atoms with Crippen LogP contribution in [0.15, 0.2) is 41.1 Å². The monoisotopic (exact) mass is 357 g/mol. The van der Waals surface area contributed by atoms with E-state index in [2.05, 4.69) is 10.3 Å². The molecule has 1 amide bonds. The molecular weight excluding hydrogens is 337 g/mol. The molecule has 0 fully saturated rings. The van der Waals surface area contributed by atoms with Crippen LogP contribution in [0.2, 0.25) is 0 Å². The lowest BCUT2D eigenvalue weighted by Gasteiger charge is -2.17. The summed E-state index contributed by atoms with van der Waals surface area (Å²) >= 11 is 1.54. The molecular formula is C17H20BN3O3S. The van der Waals surface area contributed by atoms with Crippen LogP contribution in [-0.2, 0) is 17.8 Å². The maximum Gasteiger partial charge on any atom is 0.475 e. The van der Waals surface area contributed by atoms with Gasteiger partial charge >= 0.3 is 7.12 Å². The van der Waals surface area contributed by atoms with Gasteiger partial charge in [-0.3, -0.25) is 4.79 Å².